The van der Waals surface area contributed by atoms with Gasteiger partial charge in [-0.2, -0.15) is 0 Å². The molecule has 0 saturated heterocycles. The van der Waals surface area contributed by atoms with E-state index in [4.69, 9.17) is 9.79 Å². The molecule has 0 spiro atoms. The first-order chi connectivity index (χ1) is 2.00. The van der Waals surface area contributed by atoms with Gasteiger partial charge in [0.2, 0.25) is 0 Å². The van der Waals surface area contributed by atoms with Crippen molar-refractivity contribution < 1.29 is 14.4 Å². The van der Waals surface area contributed by atoms with E-state index < -0.39 is 7.60 Å². The van der Waals surface area contributed by atoms with Crippen LogP contribution in [-0.4, -0.2) is 75.6 Å². The van der Waals surface area contributed by atoms with E-state index in [9.17, 15) is 4.57 Å². The normalized spacial score (nSPS) is 8.43. The molecule has 0 aromatic heterocycles. The molecule has 0 bridgehead atoms. The Hall–Kier alpha value is 2.15. The average Bonchev–Trinajstić information content (AvgIpc) is 0.722. The Morgan fingerprint density at radius 1 is 1.29 bits per heavy atom. The van der Waals surface area contributed by atoms with Crippen molar-refractivity contribution in [2.45, 2.75) is 0 Å². The van der Waals surface area contributed by atoms with Crippen molar-refractivity contribution in [1.82, 2.24) is 0 Å². The van der Waals surface area contributed by atoms with E-state index in [1.54, 1.807) is 0 Å². The summed E-state index contributed by atoms with van der Waals surface area (Å²) in [6.45, 7) is 0.854. The summed E-state index contributed by atoms with van der Waals surface area (Å²) in [5.74, 6) is 0. The monoisotopic (exact) mass is 144 g/mol. The summed E-state index contributed by atoms with van der Waals surface area (Å²) in [4.78, 5) is 15.3. The molecule has 0 aliphatic carbocycles. The van der Waals surface area contributed by atoms with Crippen LogP contribution < -0.4 is 0 Å². The Morgan fingerprint density at radius 3 is 1.29 bits per heavy atom. The Kier molecular flexibility index (Phi) is 14.4. The molecule has 0 aromatic rings. The maximum atomic E-state index is 9.33. The first-order valence-corrected chi connectivity index (χ1v) is 3.09. The molecule has 0 saturated carbocycles. The minimum absolute atomic E-state index is 0. The van der Waals surface area contributed by atoms with Gasteiger partial charge in [-0.25, -0.2) is 0 Å². The molecule has 3 nitrogen and oxygen atoms in total. The zero-order chi connectivity index (χ0) is 4.50. The molecular weight excluding hydrogens is 137 g/mol. The summed E-state index contributed by atoms with van der Waals surface area (Å²) in [6, 6.07) is 0. The molecule has 0 aromatic carbocycles. The Morgan fingerprint density at radius 2 is 1.29 bits per heavy atom. The standard InChI is InChI=1S/CH5O3P.2Na.2H/c1-5(2,3)4;;;;/h1H3,(H2,2,3,4);;;;. The molecule has 36 valence electrons. The molecule has 2 N–H and O–H groups in total. The second-order valence-corrected chi connectivity index (χ2v) is 2.51. The molecule has 0 atom stereocenters. The van der Waals surface area contributed by atoms with Crippen molar-refractivity contribution in [2.24, 2.45) is 0 Å². The SMILES string of the molecule is CP(=O)(O)O.[NaH].[NaH]. The zero-order valence-corrected chi connectivity index (χ0v) is 3.64. The van der Waals surface area contributed by atoms with Gasteiger partial charge in [0.05, 0.1) is 0 Å². The van der Waals surface area contributed by atoms with Gasteiger partial charge in [-0.3, -0.25) is 4.57 Å². The van der Waals surface area contributed by atoms with Crippen LogP contribution in [0, 0.1) is 0 Å². The summed E-state index contributed by atoms with van der Waals surface area (Å²) in [6.07, 6.45) is 0. The fourth-order valence-corrected chi connectivity index (χ4v) is 0. The van der Waals surface area contributed by atoms with Gasteiger partial charge < -0.3 is 9.79 Å². The Labute approximate surface area is 86.6 Å². The van der Waals surface area contributed by atoms with E-state index in [0.717, 1.165) is 6.66 Å². The van der Waals surface area contributed by atoms with Gasteiger partial charge in [0.1, 0.15) is 0 Å². The predicted molar refractivity (Wildman–Crippen MR) is 32.3 cm³/mol. The summed E-state index contributed by atoms with van der Waals surface area (Å²) in [5, 5.41) is 0. The van der Waals surface area contributed by atoms with Crippen molar-refractivity contribution in [3.8, 4) is 0 Å². The topological polar surface area (TPSA) is 57.5 Å². The van der Waals surface area contributed by atoms with Crippen LogP contribution in [0.3, 0.4) is 0 Å². The van der Waals surface area contributed by atoms with Crippen LogP contribution in [0.25, 0.3) is 0 Å². The van der Waals surface area contributed by atoms with Crippen molar-refractivity contribution in [3.05, 3.63) is 0 Å². The summed E-state index contributed by atoms with van der Waals surface area (Å²) in [5.41, 5.74) is 0. The fourth-order valence-electron chi connectivity index (χ4n) is 0. The Bertz CT molecular complexity index is 59.1. The predicted octanol–water partition coefficient (Wildman–Crippen LogP) is -1.50. The van der Waals surface area contributed by atoms with Crippen molar-refractivity contribution in [2.75, 3.05) is 6.66 Å². The first kappa shape index (κ1) is 16.1. The van der Waals surface area contributed by atoms with Crippen molar-refractivity contribution in [1.29, 1.82) is 0 Å². The quantitative estimate of drug-likeness (QED) is 0.321. The zero-order valence-electron chi connectivity index (χ0n) is 2.75. The maximum absolute atomic E-state index is 9.33. The van der Waals surface area contributed by atoms with E-state index in [0.29, 0.717) is 0 Å². The van der Waals surface area contributed by atoms with Crippen LogP contribution in [0.2, 0.25) is 0 Å². The van der Waals surface area contributed by atoms with Gasteiger partial charge in [-0.1, -0.05) is 0 Å². The van der Waals surface area contributed by atoms with Crippen LogP contribution >= 0.6 is 7.60 Å². The third kappa shape index (κ3) is 66.7. The van der Waals surface area contributed by atoms with Crippen LogP contribution in [-0.2, 0) is 4.57 Å². The van der Waals surface area contributed by atoms with Gasteiger partial charge in [0.25, 0.3) is 0 Å². The van der Waals surface area contributed by atoms with E-state index in [1.807, 2.05) is 0 Å². The molecule has 6 heteroatoms. The average molecular weight is 144 g/mol. The van der Waals surface area contributed by atoms with Crippen LogP contribution in [0.5, 0.6) is 0 Å². The molecule has 0 heterocycles. The first-order valence-electron chi connectivity index (χ1n) is 1.03. The van der Waals surface area contributed by atoms with E-state index in [1.165, 1.54) is 0 Å². The van der Waals surface area contributed by atoms with Gasteiger partial charge in [0, 0.05) is 6.66 Å². The molecule has 0 aliphatic heterocycles. The third-order valence-corrected chi connectivity index (χ3v) is 0. The van der Waals surface area contributed by atoms with Crippen LogP contribution in [0.15, 0.2) is 0 Å². The molecule has 0 fully saturated rings. The van der Waals surface area contributed by atoms with Gasteiger partial charge in [-0.05, 0) is 0 Å². The number of hydrogen-bond acceptors (Lipinski definition) is 1. The Balaban J connectivity index is -0.0000000800. The van der Waals surface area contributed by atoms with Crippen molar-refractivity contribution >= 4 is 66.7 Å². The molecule has 0 aliphatic rings. The van der Waals surface area contributed by atoms with Crippen molar-refractivity contribution in [3.63, 3.8) is 0 Å². The molecule has 0 amide bonds. The molecule has 7 heavy (non-hydrogen) atoms. The van der Waals surface area contributed by atoms with Crippen LogP contribution in [0.1, 0.15) is 0 Å². The molecular formula is CH7Na2O3P. The molecule has 0 radical (unpaired) electrons. The van der Waals surface area contributed by atoms with E-state index in [-0.39, 0.29) is 59.1 Å². The van der Waals surface area contributed by atoms with E-state index in [2.05, 4.69) is 0 Å². The molecule has 0 rings (SSSR count). The fraction of sp³-hybridized carbons (Fsp3) is 1.00. The summed E-state index contributed by atoms with van der Waals surface area (Å²) in [7, 11) is -3.64. The molecule has 0 unspecified atom stereocenters. The number of hydrogen-bond donors (Lipinski definition) is 2. The van der Waals surface area contributed by atoms with Gasteiger partial charge in [0.15, 0.2) is 0 Å². The minimum atomic E-state index is -3.64. The summed E-state index contributed by atoms with van der Waals surface area (Å²) < 4.78 is 9.33. The second kappa shape index (κ2) is 6.27. The van der Waals surface area contributed by atoms with E-state index >= 15 is 0 Å². The summed E-state index contributed by atoms with van der Waals surface area (Å²) >= 11 is 0. The number of rotatable bonds is 0. The third-order valence-electron chi connectivity index (χ3n) is 0. The van der Waals surface area contributed by atoms with Crippen LogP contribution in [0.4, 0.5) is 0 Å². The second-order valence-electron chi connectivity index (χ2n) is 0.835. The van der Waals surface area contributed by atoms with Gasteiger partial charge in [-0.15, -0.1) is 0 Å². The van der Waals surface area contributed by atoms with Gasteiger partial charge >= 0.3 is 66.7 Å².